The summed E-state index contributed by atoms with van der Waals surface area (Å²) in [5, 5.41) is 18.7. The van der Waals surface area contributed by atoms with Crippen molar-refractivity contribution >= 4 is 11.6 Å². The van der Waals surface area contributed by atoms with Gasteiger partial charge in [0.25, 0.3) is 0 Å². The maximum atomic E-state index is 9.60. The predicted molar refractivity (Wildman–Crippen MR) is 68.6 cm³/mol. The number of hydrogen-bond acceptors (Lipinski definition) is 3. The van der Waals surface area contributed by atoms with Gasteiger partial charge in [-0.3, -0.25) is 0 Å². The molecule has 1 aromatic carbocycles. The zero-order chi connectivity index (χ0) is 12.5. The summed E-state index contributed by atoms with van der Waals surface area (Å²) in [6, 6.07) is 7.77. The first-order chi connectivity index (χ1) is 8.74. The lowest BCUT2D eigenvalue weighted by Crippen LogP contribution is -2.24. The molecular weight excluding hydrogens is 250 g/mol. The van der Waals surface area contributed by atoms with Crippen molar-refractivity contribution in [1.82, 2.24) is 14.8 Å². The van der Waals surface area contributed by atoms with E-state index in [1.807, 2.05) is 24.3 Å². The summed E-state index contributed by atoms with van der Waals surface area (Å²) in [7, 11) is 0. The SMILES string of the molecule is OC1CCn2c(Cc3ccccc3Cl)nnc2C1. The van der Waals surface area contributed by atoms with Crippen LogP contribution < -0.4 is 0 Å². The number of aliphatic hydroxyl groups excluding tert-OH is 1. The second-order valence-corrected chi connectivity index (χ2v) is 5.01. The summed E-state index contributed by atoms with van der Waals surface area (Å²) in [6.07, 6.45) is 1.76. The Hall–Kier alpha value is -1.39. The van der Waals surface area contributed by atoms with Gasteiger partial charge in [0.05, 0.1) is 6.10 Å². The molecule has 1 aliphatic rings. The van der Waals surface area contributed by atoms with E-state index < -0.39 is 0 Å². The number of halogens is 1. The van der Waals surface area contributed by atoms with Crippen molar-refractivity contribution in [2.24, 2.45) is 0 Å². The van der Waals surface area contributed by atoms with E-state index in [0.717, 1.165) is 35.2 Å². The number of aliphatic hydroxyl groups is 1. The zero-order valence-electron chi connectivity index (χ0n) is 9.88. The van der Waals surface area contributed by atoms with Gasteiger partial charge in [0.15, 0.2) is 0 Å². The fourth-order valence-electron chi connectivity index (χ4n) is 2.32. The Labute approximate surface area is 110 Å². The number of aromatic nitrogens is 3. The van der Waals surface area contributed by atoms with Crippen LogP contribution in [0.4, 0.5) is 0 Å². The predicted octanol–water partition coefficient (Wildman–Crippen LogP) is 1.83. The van der Waals surface area contributed by atoms with Crippen molar-refractivity contribution in [3.05, 3.63) is 46.5 Å². The topological polar surface area (TPSA) is 50.9 Å². The third-order valence-electron chi connectivity index (χ3n) is 3.31. The molecule has 1 aliphatic heterocycles. The second kappa shape index (κ2) is 4.71. The Kier molecular flexibility index (Phi) is 3.06. The number of benzene rings is 1. The van der Waals surface area contributed by atoms with Crippen molar-refractivity contribution < 1.29 is 5.11 Å². The minimum absolute atomic E-state index is 0.283. The van der Waals surface area contributed by atoms with Gasteiger partial charge in [0, 0.05) is 24.4 Å². The molecule has 18 heavy (non-hydrogen) atoms. The van der Waals surface area contributed by atoms with Crippen LogP contribution in [-0.2, 0) is 19.4 Å². The van der Waals surface area contributed by atoms with Gasteiger partial charge in [-0.15, -0.1) is 10.2 Å². The molecule has 0 amide bonds. The fourth-order valence-corrected chi connectivity index (χ4v) is 2.52. The van der Waals surface area contributed by atoms with E-state index in [9.17, 15) is 5.11 Å². The highest BCUT2D eigenvalue weighted by Gasteiger charge is 2.21. The van der Waals surface area contributed by atoms with Crippen LogP contribution in [0.3, 0.4) is 0 Å². The van der Waals surface area contributed by atoms with Gasteiger partial charge in [0.2, 0.25) is 0 Å². The molecule has 4 nitrogen and oxygen atoms in total. The van der Waals surface area contributed by atoms with Crippen molar-refractivity contribution in [1.29, 1.82) is 0 Å². The monoisotopic (exact) mass is 263 g/mol. The van der Waals surface area contributed by atoms with E-state index in [0.29, 0.717) is 12.8 Å². The van der Waals surface area contributed by atoms with E-state index in [1.54, 1.807) is 0 Å². The molecule has 1 atom stereocenters. The highest BCUT2D eigenvalue weighted by atomic mass is 35.5. The first-order valence-electron chi connectivity index (χ1n) is 6.06. The Morgan fingerprint density at radius 3 is 3.00 bits per heavy atom. The van der Waals surface area contributed by atoms with Crippen LogP contribution in [0.25, 0.3) is 0 Å². The largest absolute Gasteiger partial charge is 0.393 e. The van der Waals surface area contributed by atoms with Crippen LogP contribution in [-0.4, -0.2) is 26.0 Å². The van der Waals surface area contributed by atoms with Crippen molar-refractivity contribution in [3.8, 4) is 0 Å². The summed E-state index contributed by atoms with van der Waals surface area (Å²) >= 11 is 6.15. The molecule has 1 unspecified atom stereocenters. The first-order valence-corrected chi connectivity index (χ1v) is 6.44. The normalized spacial score (nSPS) is 18.7. The molecule has 0 radical (unpaired) electrons. The molecule has 3 rings (SSSR count). The average Bonchev–Trinajstić information content (AvgIpc) is 2.74. The smallest absolute Gasteiger partial charge is 0.137 e. The molecule has 0 bridgehead atoms. The molecule has 0 spiro atoms. The van der Waals surface area contributed by atoms with Crippen LogP contribution in [0.5, 0.6) is 0 Å². The van der Waals surface area contributed by atoms with Crippen LogP contribution in [0, 0.1) is 0 Å². The number of hydrogen-bond donors (Lipinski definition) is 1. The standard InChI is InChI=1S/C13H14ClN3O/c14-11-4-2-1-3-9(11)7-12-15-16-13-8-10(18)5-6-17(12)13/h1-4,10,18H,5-8H2. The molecule has 1 N–H and O–H groups in total. The number of rotatable bonds is 2. The Morgan fingerprint density at radius 2 is 2.17 bits per heavy atom. The van der Waals surface area contributed by atoms with Gasteiger partial charge in [-0.05, 0) is 18.1 Å². The fraction of sp³-hybridized carbons (Fsp3) is 0.385. The van der Waals surface area contributed by atoms with Crippen molar-refractivity contribution in [2.45, 2.75) is 31.9 Å². The highest BCUT2D eigenvalue weighted by Crippen LogP contribution is 2.21. The van der Waals surface area contributed by atoms with Crippen molar-refractivity contribution in [3.63, 3.8) is 0 Å². The summed E-state index contributed by atoms with van der Waals surface area (Å²) in [5.74, 6) is 1.79. The Morgan fingerprint density at radius 1 is 1.33 bits per heavy atom. The Balaban J connectivity index is 1.88. The highest BCUT2D eigenvalue weighted by molar-refractivity contribution is 6.31. The third kappa shape index (κ3) is 2.13. The maximum Gasteiger partial charge on any atom is 0.137 e. The van der Waals surface area contributed by atoms with E-state index in [1.165, 1.54) is 0 Å². The maximum absolute atomic E-state index is 9.60. The molecule has 2 heterocycles. The minimum atomic E-state index is -0.283. The van der Waals surface area contributed by atoms with Gasteiger partial charge < -0.3 is 9.67 Å². The van der Waals surface area contributed by atoms with Crippen LogP contribution in [0.2, 0.25) is 5.02 Å². The summed E-state index contributed by atoms with van der Waals surface area (Å²) in [4.78, 5) is 0. The van der Waals surface area contributed by atoms with Crippen LogP contribution in [0.15, 0.2) is 24.3 Å². The molecule has 0 saturated heterocycles. The van der Waals surface area contributed by atoms with E-state index in [2.05, 4.69) is 14.8 Å². The second-order valence-electron chi connectivity index (χ2n) is 4.60. The van der Waals surface area contributed by atoms with Crippen LogP contribution in [0.1, 0.15) is 23.6 Å². The van der Waals surface area contributed by atoms with E-state index in [4.69, 9.17) is 11.6 Å². The van der Waals surface area contributed by atoms with Gasteiger partial charge in [-0.25, -0.2) is 0 Å². The summed E-state index contributed by atoms with van der Waals surface area (Å²) < 4.78 is 2.09. The summed E-state index contributed by atoms with van der Waals surface area (Å²) in [6.45, 7) is 0.781. The van der Waals surface area contributed by atoms with Crippen LogP contribution >= 0.6 is 11.6 Å². The molecule has 0 saturated carbocycles. The number of fused-ring (bicyclic) bond motifs is 1. The van der Waals surface area contributed by atoms with Gasteiger partial charge in [0.1, 0.15) is 11.6 Å². The van der Waals surface area contributed by atoms with Crippen molar-refractivity contribution in [2.75, 3.05) is 0 Å². The molecule has 1 aromatic heterocycles. The molecule has 94 valence electrons. The van der Waals surface area contributed by atoms with Gasteiger partial charge in [-0.2, -0.15) is 0 Å². The first kappa shape index (κ1) is 11.7. The lowest BCUT2D eigenvalue weighted by molar-refractivity contribution is 0.141. The lowest BCUT2D eigenvalue weighted by atomic mass is 10.1. The van der Waals surface area contributed by atoms with E-state index in [-0.39, 0.29) is 6.10 Å². The summed E-state index contributed by atoms with van der Waals surface area (Å²) in [5.41, 5.74) is 1.06. The van der Waals surface area contributed by atoms with Gasteiger partial charge >= 0.3 is 0 Å². The molecular formula is C13H14ClN3O. The average molecular weight is 264 g/mol. The number of nitrogens with zero attached hydrogens (tertiary/aromatic N) is 3. The zero-order valence-corrected chi connectivity index (χ0v) is 10.6. The van der Waals surface area contributed by atoms with Gasteiger partial charge in [-0.1, -0.05) is 29.8 Å². The molecule has 0 aliphatic carbocycles. The Bertz CT molecular complexity index is 567. The molecule has 0 fully saturated rings. The lowest BCUT2D eigenvalue weighted by Gasteiger charge is -2.19. The molecule has 5 heteroatoms. The molecule has 2 aromatic rings. The minimum Gasteiger partial charge on any atom is -0.393 e. The van der Waals surface area contributed by atoms with E-state index >= 15 is 0 Å². The quantitative estimate of drug-likeness (QED) is 0.899. The third-order valence-corrected chi connectivity index (χ3v) is 3.68.